The van der Waals surface area contributed by atoms with E-state index in [2.05, 4.69) is 4.72 Å². The molecule has 0 atom stereocenters. The fourth-order valence-corrected chi connectivity index (χ4v) is 5.68. The zero-order chi connectivity index (χ0) is 21.0. The van der Waals surface area contributed by atoms with E-state index in [1.165, 1.54) is 6.42 Å². The van der Waals surface area contributed by atoms with Gasteiger partial charge in [-0.15, -0.1) is 0 Å². The number of nitrogens with zero attached hydrogens (tertiary/aromatic N) is 1. The highest BCUT2D eigenvalue weighted by Gasteiger charge is 2.30. The first kappa shape index (κ1) is 22.1. The number of carbonyl (C=O) groups is 1. The average molecular weight is 423 g/mol. The van der Waals surface area contributed by atoms with Gasteiger partial charge in [-0.05, 0) is 70.2 Å². The summed E-state index contributed by atoms with van der Waals surface area (Å²) in [6, 6.07) is 4.83. The number of sulfonamides is 1. The van der Waals surface area contributed by atoms with Gasteiger partial charge in [0.1, 0.15) is 5.75 Å². The molecule has 0 aromatic heterocycles. The standard InChI is InChI=1S/C22H34N2O4S/c1-16(2)28-21-10-9-20(15-17(21)3)29(26,27)23-19-11-13-24(14-12-19)22(25)18-7-5-4-6-8-18/h9-10,15-16,18-19,23H,4-8,11-14H2,1-3H3. The smallest absolute Gasteiger partial charge is 0.240 e. The Morgan fingerprint density at radius 1 is 1.10 bits per heavy atom. The summed E-state index contributed by atoms with van der Waals surface area (Å²) in [5.41, 5.74) is 0.800. The lowest BCUT2D eigenvalue weighted by atomic mass is 9.87. The molecule has 0 unspecified atom stereocenters. The number of nitrogens with one attached hydrogen (secondary N) is 1. The summed E-state index contributed by atoms with van der Waals surface area (Å²) in [5, 5.41) is 0. The number of rotatable bonds is 6. The number of aryl methyl sites for hydroxylation is 1. The lowest BCUT2D eigenvalue weighted by Gasteiger charge is -2.35. The molecule has 1 saturated heterocycles. The molecule has 2 fully saturated rings. The number of amides is 1. The molecule has 0 spiro atoms. The van der Waals surface area contributed by atoms with Crippen molar-refractivity contribution in [3.8, 4) is 5.75 Å². The van der Waals surface area contributed by atoms with Crippen molar-refractivity contribution in [1.82, 2.24) is 9.62 Å². The van der Waals surface area contributed by atoms with Gasteiger partial charge in [0.25, 0.3) is 0 Å². The summed E-state index contributed by atoms with van der Waals surface area (Å²) in [5.74, 6) is 1.14. The molecule has 29 heavy (non-hydrogen) atoms. The topological polar surface area (TPSA) is 75.7 Å². The summed E-state index contributed by atoms with van der Waals surface area (Å²) in [7, 11) is -3.59. The Kier molecular flexibility index (Phi) is 7.22. The summed E-state index contributed by atoms with van der Waals surface area (Å²) in [6.07, 6.45) is 6.88. The van der Waals surface area contributed by atoms with Gasteiger partial charge in [0.2, 0.25) is 15.9 Å². The molecule has 0 bridgehead atoms. The van der Waals surface area contributed by atoms with E-state index in [0.29, 0.717) is 31.7 Å². The van der Waals surface area contributed by atoms with E-state index in [0.717, 1.165) is 31.2 Å². The van der Waals surface area contributed by atoms with E-state index in [-0.39, 0.29) is 28.9 Å². The van der Waals surface area contributed by atoms with Gasteiger partial charge in [-0.3, -0.25) is 4.79 Å². The van der Waals surface area contributed by atoms with Crippen molar-refractivity contribution in [3.05, 3.63) is 23.8 Å². The van der Waals surface area contributed by atoms with Gasteiger partial charge < -0.3 is 9.64 Å². The Hall–Kier alpha value is -1.60. The van der Waals surface area contributed by atoms with Crippen molar-refractivity contribution in [3.63, 3.8) is 0 Å². The fraction of sp³-hybridized carbons (Fsp3) is 0.682. The van der Waals surface area contributed by atoms with Gasteiger partial charge in [0.05, 0.1) is 11.0 Å². The second-order valence-electron chi connectivity index (χ2n) is 8.65. The Bertz CT molecular complexity index is 808. The van der Waals surface area contributed by atoms with Crippen LogP contribution in [0.1, 0.15) is 64.4 Å². The number of carbonyl (C=O) groups excluding carboxylic acids is 1. The van der Waals surface area contributed by atoms with Gasteiger partial charge in [0, 0.05) is 25.0 Å². The van der Waals surface area contributed by atoms with Crippen LogP contribution < -0.4 is 9.46 Å². The molecular weight excluding hydrogens is 388 g/mol. The second kappa shape index (κ2) is 9.47. The third kappa shape index (κ3) is 5.72. The maximum atomic E-state index is 12.8. The minimum atomic E-state index is -3.59. The van der Waals surface area contributed by atoms with Crippen LogP contribution in [0.25, 0.3) is 0 Å². The third-order valence-corrected chi connectivity index (χ3v) is 7.42. The van der Waals surface area contributed by atoms with Crippen molar-refractivity contribution < 1.29 is 17.9 Å². The first-order valence-corrected chi connectivity index (χ1v) is 12.3. The number of hydrogen-bond acceptors (Lipinski definition) is 4. The normalized spacial score (nSPS) is 19.5. The second-order valence-corrected chi connectivity index (χ2v) is 10.4. The Morgan fingerprint density at radius 3 is 2.34 bits per heavy atom. The number of ether oxygens (including phenoxy) is 1. The number of hydrogen-bond donors (Lipinski definition) is 1. The molecule has 162 valence electrons. The van der Waals surface area contributed by atoms with Crippen LogP contribution in [0.15, 0.2) is 23.1 Å². The van der Waals surface area contributed by atoms with E-state index < -0.39 is 10.0 Å². The molecule has 6 nitrogen and oxygen atoms in total. The zero-order valence-electron chi connectivity index (χ0n) is 17.8. The molecule has 1 aromatic carbocycles. The van der Waals surface area contributed by atoms with Crippen LogP contribution in [0.5, 0.6) is 5.75 Å². The Labute approximate surface area is 175 Å². The molecule has 1 aliphatic heterocycles. The van der Waals surface area contributed by atoms with E-state index in [1.54, 1.807) is 18.2 Å². The quantitative estimate of drug-likeness (QED) is 0.760. The zero-order valence-corrected chi connectivity index (χ0v) is 18.6. The molecule has 2 aliphatic rings. The Morgan fingerprint density at radius 2 is 1.76 bits per heavy atom. The van der Waals surface area contributed by atoms with Crippen molar-refractivity contribution in [1.29, 1.82) is 0 Å². The maximum Gasteiger partial charge on any atom is 0.240 e. The summed E-state index contributed by atoms with van der Waals surface area (Å²) in [6.45, 7) is 6.99. The third-order valence-electron chi connectivity index (χ3n) is 5.90. The highest BCUT2D eigenvalue weighted by molar-refractivity contribution is 7.89. The van der Waals surface area contributed by atoms with Crippen LogP contribution in [0.3, 0.4) is 0 Å². The van der Waals surface area contributed by atoms with Gasteiger partial charge >= 0.3 is 0 Å². The lowest BCUT2D eigenvalue weighted by Crippen LogP contribution is -2.48. The SMILES string of the molecule is Cc1cc(S(=O)(=O)NC2CCN(C(=O)C3CCCCC3)CC2)ccc1OC(C)C. The van der Waals surface area contributed by atoms with Crippen LogP contribution in [0.4, 0.5) is 0 Å². The number of piperidine rings is 1. The maximum absolute atomic E-state index is 12.8. The first-order chi connectivity index (χ1) is 13.8. The molecule has 0 radical (unpaired) electrons. The van der Waals surface area contributed by atoms with E-state index >= 15 is 0 Å². The molecular formula is C22H34N2O4S. The highest BCUT2D eigenvalue weighted by atomic mass is 32.2. The number of likely N-dealkylation sites (tertiary alicyclic amines) is 1. The van der Waals surface area contributed by atoms with Crippen LogP contribution in [-0.2, 0) is 14.8 Å². The van der Waals surface area contributed by atoms with Crippen molar-refractivity contribution in [2.24, 2.45) is 5.92 Å². The molecule has 1 aliphatic carbocycles. The van der Waals surface area contributed by atoms with Crippen molar-refractivity contribution in [2.45, 2.75) is 82.8 Å². The minimum Gasteiger partial charge on any atom is -0.491 e. The fourth-order valence-electron chi connectivity index (χ4n) is 4.29. The molecule has 1 amide bonds. The molecule has 7 heteroatoms. The average Bonchev–Trinajstić information content (AvgIpc) is 2.69. The largest absolute Gasteiger partial charge is 0.491 e. The van der Waals surface area contributed by atoms with E-state index in [4.69, 9.17) is 4.74 Å². The molecule has 1 heterocycles. The van der Waals surface area contributed by atoms with Gasteiger partial charge in [-0.1, -0.05) is 19.3 Å². The molecule has 3 rings (SSSR count). The summed E-state index contributed by atoms with van der Waals surface area (Å²) < 4.78 is 34.2. The van der Waals surface area contributed by atoms with Gasteiger partial charge in [-0.25, -0.2) is 13.1 Å². The molecule has 1 saturated carbocycles. The van der Waals surface area contributed by atoms with Crippen LogP contribution in [-0.4, -0.2) is 44.5 Å². The van der Waals surface area contributed by atoms with Crippen LogP contribution in [0, 0.1) is 12.8 Å². The highest BCUT2D eigenvalue weighted by Crippen LogP contribution is 2.27. The monoisotopic (exact) mass is 422 g/mol. The van der Waals surface area contributed by atoms with Crippen molar-refractivity contribution in [2.75, 3.05) is 13.1 Å². The predicted octanol–water partition coefficient (Wildman–Crippen LogP) is 3.63. The van der Waals surface area contributed by atoms with Gasteiger partial charge in [0.15, 0.2) is 0 Å². The summed E-state index contributed by atoms with van der Waals surface area (Å²) >= 11 is 0. The van der Waals surface area contributed by atoms with Crippen LogP contribution in [0.2, 0.25) is 0 Å². The van der Waals surface area contributed by atoms with Gasteiger partial charge in [-0.2, -0.15) is 0 Å². The van der Waals surface area contributed by atoms with E-state index in [1.807, 2.05) is 25.7 Å². The lowest BCUT2D eigenvalue weighted by molar-refractivity contribution is -0.137. The first-order valence-electron chi connectivity index (χ1n) is 10.8. The summed E-state index contributed by atoms with van der Waals surface area (Å²) in [4.78, 5) is 14.9. The van der Waals surface area contributed by atoms with E-state index in [9.17, 15) is 13.2 Å². The van der Waals surface area contributed by atoms with Crippen LogP contribution >= 0.6 is 0 Å². The molecule has 1 N–H and O–H groups in total. The van der Waals surface area contributed by atoms with Crippen molar-refractivity contribution >= 4 is 15.9 Å². The molecule has 1 aromatic rings. The minimum absolute atomic E-state index is 0.0378. The Balaban J connectivity index is 1.56. The number of benzene rings is 1. The predicted molar refractivity (Wildman–Crippen MR) is 113 cm³/mol.